The summed E-state index contributed by atoms with van der Waals surface area (Å²) in [6.07, 6.45) is 3.06. The van der Waals surface area contributed by atoms with Gasteiger partial charge in [0.1, 0.15) is 12.2 Å². The molecule has 0 amide bonds. The average molecular weight is 633 g/mol. The van der Waals surface area contributed by atoms with Crippen LogP contribution in [0, 0.1) is 0 Å². The predicted molar refractivity (Wildman–Crippen MR) is 175 cm³/mol. The van der Waals surface area contributed by atoms with E-state index in [1.54, 1.807) is 24.3 Å². The Bertz CT molecular complexity index is 1270. The summed E-state index contributed by atoms with van der Waals surface area (Å²) in [5.41, 5.74) is 2.45. The zero-order valence-corrected chi connectivity index (χ0v) is 27.1. The van der Waals surface area contributed by atoms with Crippen LogP contribution in [0.3, 0.4) is 0 Å². The van der Waals surface area contributed by atoms with Crippen molar-refractivity contribution in [2.45, 2.75) is 103 Å². The number of hydrogen-bond donors (Lipinski definition) is 0. The maximum Gasteiger partial charge on any atom is 0.338 e. The van der Waals surface area contributed by atoms with Crippen molar-refractivity contribution in [2.24, 2.45) is 0 Å². The largest absolute Gasteiger partial charge is 0.466 e. The lowest BCUT2D eigenvalue weighted by molar-refractivity contribution is -0.312. The van der Waals surface area contributed by atoms with Crippen LogP contribution in [0.5, 0.6) is 0 Å². The van der Waals surface area contributed by atoms with Crippen molar-refractivity contribution in [3.63, 3.8) is 0 Å². The minimum Gasteiger partial charge on any atom is -0.466 e. The van der Waals surface area contributed by atoms with Crippen LogP contribution in [-0.4, -0.2) is 55.9 Å². The van der Waals surface area contributed by atoms with Gasteiger partial charge >= 0.3 is 11.9 Å². The monoisotopic (exact) mass is 632 g/mol. The lowest BCUT2D eigenvalue weighted by Crippen LogP contribution is -2.60. The summed E-state index contributed by atoms with van der Waals surface area (Å²) >= 11 is 0. The number of unbranched alkanes of at least 4 members (excludes halogenated alkanes) is 5. The van der Waals surface area contributed by atoms with E-state index in [-0.39, 0.29) is 5.97 Å². The van der Waals surface area contributed by atoms with Gasteiger partial charge in [0.2, 0.25) is 0 Å². The lowest BCUT2D eigenvalue weighted by Gasteiger charge is -2.44. The average Bonchev–Trinajstić information content (AvgIpc) is 3.08. The quantitative estimate of drug-likeness (QED) is 0.0996. The highest BCUT2D eigenvalue weighted by molar-refractivity contribution is 5.89. The summed E-state index contributed by atoms with van der Waals surface area (Å²) in [6.45, 7) is 5.26. The molecule has 0 aromatic heterocycles. The van der Waals surface area contributed by atoms with Crippen LogP contribution in [0.4, 0.5) is 0 Å². The summed E-state index contributed by atoms with van der Waals surface area (Å²) in [5.74, 6) is -0.567. The Balaban J connectivity index is 1.41. The highest BCUT2D eigenvalue weighted by Gasteiger charge is 2.48. The molecule has 8 heteroatoms. The minimum absolute atomic E-state index is 0.121. The van der Waals surface area contributed by atoms with Gasteiger partial charge in [-0.3, -0.25) is 4.79 Å². The minimum atomic E-state index is -0.730. The standard InChI is InChI=1S/C38H48O8/c1-3-41-33(39)25-17-6-4-5-7-18-26-42-38-36(44-28-31-21-13-9-14-22-31)35(43-27-30-19-11-8-12-20-30)34(29(2)45-38)46-37(40)32-23-15-10-16-24-32/h8-16,19-24,29,34-36,38H,3-7,17-18,25-28H2,1-2H3/t29-,34+,35+,36-,38-/m0/s1. The third kappa shape index (κ3) is 11.7. The van der Waals surface area contributed by atoms with Gasteiger partial charge in [0.05, 0.1) is 31.5 Å². The molecule has 0 spiro atoms. The molecule has 1 fully saturated rings. The van der Waals surface area contributed by atoms with Crippen molar-refractivity contribution >= 4 is 11.9 Å². The van der Waals surface area contributed by atoms with Gasteiger partial charge in [0.15, 0.2) is 12.4 Å². The molecule has 0 radical (unpaired) electrons. The summed E-state index contributed by atoms with van der Waals surface area (Å²) in [6, 6.07) is 28.7. The molecule has 46 heavy (non-hydrogen) atoms. The molecular weight excluding hydrogens is 584 g/mol. The summed E-state index contributed by atoms with van der Waals surface area (Å²) < 4.78 is 36.8. The zero-order valence-electron chi connectivity index (χ0n) is 27.1. The number of hydrogen-bond acceptors (Lipinski definition) is 8. The van der Waals surface area contributed by atoms with Crippen molar-refractivity contribution < 1.29 is 38.0 Å². The molecule has 1 aliphatic heterocycles. The molecule has 0 N–H and O–H groups in total. The molecule has 5 atom stereocenters. The highest BCUT2D eigenvalue weighted by Crippen LogP contribution is 2.31. The van der Waals surface area contributed by atoms with E-state index in [2.05, 4.69) is 0 Å². The van der Waals surface area contributed by atoms with Crippen LogP contribution in [-0.2, 0) is 46.4 Å². The molecule has 1 aliphatic rings. The predicted octanol–water partition coefficient (Wildman–Crippen LogP) is 7.44. The smallest absolute Gasteiger partial charge is 0.338 e. The number of carbonyl (C=O) groups is 2. The molecule has 8 nitrogen and oxygen atoms in total. The van der Waals surface area contributed by atoms with Crippen LogP contribution < -0.4 is 0 Å². The Labute approximate surface area is 273 Å². The topological polar surface area (TPSA) is 89.5 Å². The molecule has 0 aliphatic carbocycles. The second-order valence-electron chi connectivity index (χ2n) is 11.5. The van der Waals surface area contributed by atoms with Crippen molar-refractivity contribution in [1.82, 2.24) is 0 Å². The molecule has 4 rings (SSSR count). The van der Waals surface area contributed by atoms with E-state index in [0.29, 0.717) is 38.4 Å². The van der Waals surface area contributed by atoms with Gasteiger partial charge in [-0.2, -0.15) is 0 Å². The van der Waals surface area contributed by atoms with E-state index in [1.165, 1.54) is 0 Å². The number of esters is 2. The molecule has 0 unspecified atom stereocenters. The highest BCUT2D eigenvalue weighted by atomic mass is 16.7. The Morgan fingerprint density at radius 3 is 1.80 bits per heavy atom. The maximum absolute atomic E-state index is 13.2. The van der Waals surface area contributed by atoms with E-state index in [1.807, 2.05) is 80.6 Å². The molecule has 0 saturated carbocycles. The first kappa shape index (κ1) is 35.3. The van der Waals surface area contributed by atoms with E-state index in [4.69, 9.17) is 28.4 Å². The fourth-order valence-electron chi connectivity index (χ4n) is 5.45. The molecule has 0 bridgehead atoms. The second-order valence-corrected chi connectivity index (χ2v) is 11.5. The van der Waals surface area contributed by atoms with Gasteiger partial charge in [-0.15, -0.1) is 0 Å². The normalized spacial score (nSPS) is 21.0. The van der Waals surface area contributed by atoms with Crippen molar-refractivity contribution in [1.29, 1.82) is 0 Å². The first-order valence-electron chi connectivity index (χ1n) is 16.5. The Morgan fingerprint density at radius 1 is 0.652 bits per heavy atom. The van der Waals surface area contributed by atoms with E-state index < -0.39 is 36.7 Å². The lowest BCUT2D eigenvalue weighted by atomic mass is 9.98. The van der Waals surface area contributed by atoms with E-state index >= 15 is 0 Å². The van der Waals surface area contributed by atoms with Crippen LogP contribution in [0.25, 0.3) is 0 Å². The molecule has 248 valence electrons. The van der Waals surface area contributed by atoms with Gasteiger partial charge in [-0.25, -0.2) is 4.79 Å². The number of ether oxygens (including phenoxy) is 6. The molecule has 1 heterocycles. The second kappa shape index (κ2) is 19.8. The van der Waals surface area contributed by atoms with Crippen molar-refractivity contribution in [3.8, 4) is 0 Å². The first-order valence-corrected chi connectivity index (χ1v) is 16.5. The van der Waals surface area contributed by atoms with Gasteiger partial charge in [0, 0.05) is 13.0 Å². The van der Waals surface area contributed by atoms with Crippen LogP contribution >= 0.6 is 0 Å². The third-order valence-electron chi connectivity index (χ3n) is 7.91. The number of benzene rings is 3. The molecule has 3 aromatic carbocycles. The van der Waals surface area contributed by atoms with Gasteiger partial charge in [0.25, 0.3) is 0 Å². The van der Waals surface area contributed by atoms with Gasteiger partial charge in [-0.05, 0) is 49.9 Å². The zero-order chi connectivity index (χ0) is 32.4. The number of rotatable bonds is 19. The third-order valence-corrected chi connectivity index (χ3v) is 7.91. The van der Waals surface area contributed by atoms with Crippen molar-refractivity contribution in [2.75, 3.05) is 13.2 Å². The fraction of sp³-hybridized carbons (Fsp3) is 0.474. The van der Waals surface area contributed by atoms with E-state index in [0.717, 1.165) is 49.7 Å². The maximum atomic E-state index is 13.2. The van der Waals surface area contributed by atoms with Gasteiger partial charge in [-0.1, -0.05) is 105 Å². The van der Waals surface area contributed by atoms with Gasteiger partial charge < -0.3 is 28.4 Å². The number of carbonyl (C=O) groups excluding carboxylic acids is 2. The Hall–Kier alpha value is -3.56. The first-order chi connectivity index (χ1) is 22.5. The molecular formula is C38H48O8. The fourth-order valence-corrected chi connectivity index (χ4v) is 5.45. The summed E-state index contributed by atoms with van der Waals surface area (Å²) in [5, 5.41) is 0. The Morgan fingerprint density at radius 2 is 1.20 bits per heavy atom. The summed E-state index contributed by atoms with van der Waals surface area (Å²) in [7, 11) is 0. The van der Waals surface area contributed by atoms with Crippen molar-refractivity contribution in [3.05, 3.63) is 108 Å². The SMILES string of the molecule is CCOC(=O)CCCCCCCCO[C@H]1O[C@@H](C)[C@@H](OC(=O)c2ccccc2)[C@@H](OCc2ccccc2)[C@@H]1OCc1ccccc1. The molecule has 1 saturated heterocycles. The summed E-state index contributed by atoms with van der Waals surface area (Å²) in [4.78, 5) is 24.7. The molecule has 3 aromatic rings. The van der Waals surface area contributed by atoms with Crippen LogP contribution in [0.1, 0.15) is 80.3 Å². The van der Waals surface area contributed by atoms with Crippen LogP contribution in [0.15, 0.2) is 91.0 Å². The Kier molecular flexibility index (Phi) is 15.2. The van der Waals surface area contributed by atoms with Crippen LogP contribution in [0.2, 0.25) is 0 Å². The van der Waals surface area contributed by atoms with E-state index in [9.17, 15) is 9.59 Å².